The number of amides is 1. The Kier molecular flexibility index (Phi) is 5.13. The van der Waals surface area contributed by atoms with Gasteiger partial charge in [-0.15, -0.1) is 0 Å². The second-order valence-corrected chi connectivity index (χ2v) is 6.55. The van der Waals surface area contributed by atoms with E-state index in [4.69, 9.17) is 9.88 Å². The molecular weight excluding hydrogens is 280 g/mol. The second kappa shape index (κ2) is 6.23. The molecule has 1 aromatic carbocycles. The summed E-state index contributed by atoms with van der Waals surface area (Å²) in [5.74, 6) is 0.315. The Bertz CT molecular complexity index is 596. The summed E-state index contributed by atoms with van der Waals surface area (Å²) in [6.07, 6.45) is 0. The molecule has 0 aliphatic rings. The van der Waals surface area contributed by atoms with Crippen molar-refractivity contribution in [2.45, 2.75) is 18.7 Å². The third-order valence-electron chi connectivity index (χ3n) is 2.72. The van der Waals surface area contributed by atoms with Gasteiger partial charge in [0, 0.05) is 13.6 Å². The molecule has 1 aromatic rings. The summed E-state index contributed by atoms with van der Waals surface area (Å²) < 4.78 is 27.8. The number of rotatable bonds is 5. The quantitative estimate of drug-likeness (QED) is 0.880. The first-order chi connectivity index (χ1) is 9.16. The largest absolute Gasteiger partial charge is 0.496 e. The monoisotopic (exact) mass is 300 g/mol. The van der Waals surface area contributed by atoms with Gasteiger partial charge in [-0.05, 0) is 24.1 Å². The molecule has 20 heavy (non-hydrogen) atoms. The molecule has 0 saturated heterocycles. The lowest BCUT2D eigenvalue weighted by Gasteiger charge is -2.20. The number of hydrogen-bond donors (Lipinski definition) is 1. The third kappa shape index (κ3) is 3.94. The van der Waals surface area contributed by atoms with Crippen LogP contribution in [0.4, 0.5) is 0 Å². The molecular formula is C13H20N2O4S. The van der Waals surface area contributed by atoms with Gasteiger partial charge in [0.1, 0.15) is 5.75 Å². The Labute approximate surface area is 119 Å². The fraction of sp³-hybridized carbons (Fsp3) is 0.462. The first kappa shape index (κ1) is 16.5. The van der Waals surface area contributed by atoms with Crippen LogP contribution in [0.1, 0.15) is 24.2 Å². The highest BCUT2D eigenvalue weighted by Gasteiger charge is 2.20. The van der Waals surface area contributed by atoms with Crippen molar-refractivity contribution in [3.05, 3.63) is 23.8 Å². The Morgan fingerprint density at radius 2 is 2.00 bits per heavy atom. The number of hydrogen-bond acceptors (Lipinski definition) is 4. The van der Waals surface area contributed by atoms with E-state index in [0.29, 0.717) is 18.2 Å². The molecule has 7 heteroatoms. The van der Waals surface area contributed by atoms with Crippen LogP contribution in [0.5, 0.6) is 5.75 Å². The van der Waals surface area contributed by atoms with Gasteiger partial charge in [0.15, 0.2) is 0 Å². The molecule has 0 heterocycles. The van der Waals surface area contributed by atoms with E-state index in [2.05, 4.69) is 0 Å². The zero-order chi connectivity index (χ0) is 15.5. The van der Waals surface area contributed by atoms with E-state index in [0.717, 1.165) is 0 Å². The summed E-state index contributed by atoms with van der Waals surface area (Å²) in [6, 6.07) is 3.98. The molecule has 0 fully saturated rings. The van der Waals surface area contributed by atoms with Crippen LogP contribution < -0.4 is 9.88 Å². The molecule has 0 aliphatic carbocycles. The summed E-state index contributed by atoms with van der Waals surface area (Å²) in [7, 11) is -0.779. The van der Waals surface area contributed by atoms with Gasteiger partial charge in [-0.2, -0.15) is 0 Å². The lowest BCUT2D eigenvalue weighted by molar-refractivity contribution is 0.0775. The number of benzene rings is 1. The Morgan fingerprint density at radius 1 is 1.40 bits per heavy atom. The number of methoxy groups -OCH3 is 1. The summed E-state index contributed by atoms with van der Waals surface area (Å²) in [6.45, 7) is 4.53. The van der Waals surface area contributed by atoms with Crippen LogP contribution in [0.15, 0.2) is 23.1 Å². The molecule has 0 aliphatic heterocycles. The highest BCUT2D eigenvalue weighted by atomic mass is 32.2. The first-order valence-corrected chi connectivity index (χ1v) is 7.67. The number of carbonyl (C=O) groups excluding carboxylic acids is 1. The van der Waals surface area contributed by atoms with Crippen LogP contribution in [-0.2, 0) is 10.0 Å². The van der Waals surface area contributed by atoms with Gasteiger partial charge in [0.25, 0.3) is 5.91 Å². The Balaban J connectivity index is 3.24. The predicted molar refractivity (Wildman–Crippen MR) is 76.2 cm³/mol. The zero-order valence-corrected chi connectivity index (χ0v) is 12.9. The number of ether oxygens (including phenoxy) is 1. The number of carbonyl (C=O) groups is 1. The van der Waals surface area contributed by atoms with Crippen LogP contribution in [0.3, 0.4) is 0 Å². The van der Waals surface area contributed by atoms with E-state index in [1.54, 1.807) is 7.05 Å². The highest BCUT2D eigenvalue weighted by molar-refractivity contribution is 7.89. The van der Waals surface area contributed by atoms with Gasteiger partial charge in [-0.1, -0.05) is 13.8 Å². The van der Waals surface area contributed by atoms with E-state index in [-0.39, 0.29) is 16.4 Å². The topological polar surface area (TPSA) is 89.7 Å². The predicted octanol–water partition coefficient (Wildman–Crippen LogP) is 1.07. The van der Waals surface area contributed by atoms with Crippen molar-refractivity contribution in [1.82, 2.24) is 4.90 Å². The summed E-state index contributed by atoms with van der Waals surface area (Å²) in [4.78, 5) is 13.8. The van der Waals surface area contributed by atoms with Gasteiger partial charge >= 0.3 is 0 Å². The number of nitrogens with two attached hydrogens (primary N) is 1. The van der Waals surface area contributed by atoms with E-state index in [1.165, 1.54) is 30.2 Å². The lowest BCUT2D eigenvalue weighted by atomic mass is 10.1. The van der Waals surface area contributed by atoms with Gasteiger partial charge in [-0.3, -0.25) is 4.79 Å². The van der Waals surface area contributed by atoms with Crippen LogP contribution in [0.25, 0.3) is 0 Å². The van der Waals surface area contributed by atoms with Gasteiger partial charge in [0.05, 0.1) is 17.6 Å². The van der Waals surface area contributed by atoms with Crippen molar-refractivity contribution in [3.63, 3.8) is 0 Å². The molecule has 0 radical (unpaired) electrons. The van der Waals surface area contributed by atoms with Crippen molar-refractivity contribution in [2.75, 3.05) is 20.7 Å². The maximum Gasteiger partial charge on any atom is 0.257 e. The van der Waals surface area contributed by atoms with Crippen molar-refractivity contribution < 1.29 is 17.9 Å². The third-order valence-corrected chi connectivity index (χ3v) is 3.63. The van der Waals surface area contributed by atoms with E-state index in [9.17, 15) is 13.2 Å². The van der Waals surface area contributed by atoms with Gasteiger partial charge in [0.2, 0.25) is 10.0 Å². The van der Waals surface area contributed by atoms with Crippen LogP contribution in [0.2, 0.25) is 0 Å². The lowest BCUT2D eigenvalue weighted by Crippen LogP contribution is -2.30. The number of sulfonamides is 1. The Hall–Kier alpha value is -1.60. The van der Waals surface area contributed by atoms with Gasteiger partial charge < -0.3 is 9.64 Å². The maximum atomic E-state index is 12.3. The number of nitrogens with zero attached hydrogens (tertiary/aromatic N) is 1. The molecule has 1 rings (SSSR count). The molecule has 0 unspecified atom stereocenters. The highest BCUT2D eigenvalue weighted by Crippen LogP contribution is 2.23. The van der Waals surface area contributed by atoms with Crippen molar-refractivity contribution in [3.8, 4) is 5.75 Å². The maximum absolute atomic E-state index is 12.3. The Morgan fingerprint density at radius 3 is 2.45 bits per heavy atom. The molecule has 0 spiro atoms. The molecule has 1 amide bonds. The molecule has 0 aromatic heterocycles. The van der Waals surface area contributed by atoms with Crippen LogP contribution in [-0.4, -0.2) is 39.9 Å². The molecule has 2 N–H and O–H groups in total. The standard InChI is InChI=1S/C13H20N2O4S/c1-9(2)8-15(3)13(16)11-7-10(20(14,17)18)5-6-12(11)19-4/h5-7,9H,8H2,1-4H3,(H2,14,17,18). The molecule has 0 atom stereocenters. The van der Waals surface area contributed by atoms with Crippen LogP contribution >= 0.6 is 0 Å². The minimum atomic E-state index is -3.86. The summed E-state index contributed by atoms with van der Waals surface area (Å²) in [5.41, 5.74) is 0.183. The molecule has 6 nitrogen and oxygen atoms in total. The summed E-state index contributed by atoms with van der Waals surface area (Å²) >= 11 is 0. The van der Waals surface area contributed by atoms with Crippen molar-refractivity contribution in [2.24, 2.45) is 11.1 Å². The first-order valence-electron chi connectivity index (χ1n) is 6.13. The molecule has 0 saturated carbocycles. The average molecular weight is 300 g/mol. The fourth-order valence-corrected chi connectivity index (χ4v) is 2.41. The van der Waals surface area contributed by atoms with Gasteiger partial charge in [-0.25, -0.2) is 13.6 Å². The summed E-state index contributed by atoms with van der Waals surface area (Å²) in [5, 5.41) is 5.08. The zero-order valence-electron chi connectivity index (χ0n) is 12.1. The SMILES string of the molecule is COc1ccc(S(N)(=O)=O)cc1C(=O)N(C)CC(C)C. The van der Waals surface area contributed by atoms with Crippen molar-refractivity contribution >= 4 is 15.9 Å². The second-order valence-electron chi connectivity index (χ2n) is 4.99. The normalized spacial score (nSPS) is 11.5. The van der Waals surface area contributed by atoms with E-state index in [1.807, 2.05) is 13.8 Å². The number of primary sulfonamides is 1. The van der Waals surface area contributed by atoms with Crippen molar-refractivity contribution in [1.29, 1.82) is 0 Å². The van der Waals surface area contributed by atoms with E-state index < -0.39 is 10.0 Å². The molecule has 0 bridgehead atoms. The van der Waals surface area contributed by atoms with Crippen LogP contribution in [0, 0.1) is 5.92 Å². The minimum Gasteiger partial charge on any atom is -0.496 e. The minimum absolute atomic E-state index is 0.111. The molecule has 112 valence electrons. The smallest absolute Gasteiger partial charge is 0.257 e. The fourth-order valence-electron chi connectivity index (χ4n) is 1.87. The van der Waals surface area contributed by atoms with E-state index >= 15 is 0 Å². The average Bonchev–Trinajstić information content (AvgIpc) is 2.35.